The van der Waals surface area contributed by atoms with Crippen LogP contribution in [0.1, 0.15) is 34.5 Å². The summed E-state index contributed by atoms with van der Waals surface area (Å²) < 4.78 is 57.0. The van der Waals surface area contributed by atoms with E-state index in [1.54, 1.807) is 31.2 Å². The van der Waals surface area contributed by atoms with E-state index in [4.69, 9.17) is 0 Å². The van der Waals surface area contributed by atoms with Crippen molar-refractivity contribution in [1.82, 2.24) is 10.0 Å². The lowest BCUT2D eigenvalue weighted by atomic mass is 10.1. The SMILES string of the molecule is CC(NC(=O)c1cccc(S(=O)(=O)NCc2ccccc2)c1)c1cccc(OC(F)F)c1. The van der Waals surface area contributed by atoms with Crippen molar-refractivity contribution in [2.75, 3.05) is 0 Å². The lowest BCUT2D eigenvalue weighted by Crippen LogP contribution is -2.27. The zero-order valence-electron chi connectivity index (χ0n) is 17.2. The molecular weight excluding hydrogens is 438 g/mol. The van der Waals surface area contributed by atoms with Crippen molar-refractivity contribution in [3.05, 3.63) is 95.6 Å². The molecule has 0 radical (unpaired) electrons. The summed E-state index contributed by atoms with van der Waals surface area (Å²) in [6, 6.07) is 20.2. The summed E-state index contributed by atoms with van der Waals surface area (Å²) in [5.41, 5.74) is 1.51. The van der Waals surface area contributed by atoms with Gasteiger partial charge < -0.3 is 10.1 Å². The van der Waals surface area contributed by atoms with Crippen LogP contribution in [0.3, 0.4) is 0 Å². The molecule has 1 amide bonds. The van der Waals surface area contributed by atoms with Crippen LogP contribution in [-0.2, 0) is 16.6 Å². The number of alkyl halides is 2. The van der Waals surface area contributed by atoms with E-state index in [9.17, 15) is 22.0 Å². The van der Waals surface area contributed by atoms with Crippen molar-refractivity contribution < 1.29 is 26.7 Å². The van der Waals surface area contributed by atoms with Crippen LogP contribution < -0.4 is 14.8 Å². The van der Waals surface area contributed by atoms with Gasteiger partial charge in [-0.3, -0.25) is 4.79 Å². The van der Waals surface area contributed by atoms with E-state index in [1.807, 2.05) is 18.2 Å². The number of rotatable bonds is 9. The highest BCUT2D eigenvalue weighted by molar-refractivity contribution is 7.89. The minimum atomic E-state index is -3.83. The van der Waals surface area contributed by atoms with Crippen molar-refractivity contribution in [2.24, 2.45) is 0 Å². The maximum absolute atomic E-state index is 12.7. The van der Waals surface area contributed by atoms with Gasteiger partial charge in [-0.2, -0.15) is 8.78 Å². The van der Waals surface area contributed by atoms with Gasteiger partial charge in [-0.1, -0.05) is 48.5 Å². The zero-order valence-corrected chi connectivity index (χ0v) is 18.0. The molecule has 1 unspecified atom stereocenters. The Morgan fingerprint density at radius 2 is 1.69 bits per heavy atom. The van der Waals surface area contributed by atoms with Gasteiger partial charge in [-0.05, 0) is 48.4 Å². The highest BCUT2D eigenvalue weighted by atomic mass is 32.2. The van der Waals surface area contributed by atoms with Crippen LogP contribution in [0.25, 0.3) is 0 Å². The fourth-order valence-corrected chi connectivity index (χ4v) is 4.05. The second-order valence-electron chi connectivity index (χ2n) is 6.98. The average Bonchev–Trinajstić information content (AvgIpc) is 2.78. The number of carbonyl (C=O) groups is 1. The van der Waals surface area contributed by atoms with Crippen LogP contribution in [-0.4, -0.2) is 20.9 Å². The first-order valence-electron chi connectivity index (χ1n) is 9.74. The van der Waals surface area contributed by atoms with E-state index in [-0.39, 0.29) is 22.8 Å². The number of carbonyl (C=O) groups excluding carboxylic acids is 1. The Morgan fingerprint density at radius 3 is 2.41 bits per heavy atom. The Hall–Kier alpha value is -3.30. The molecular formula is C23H22F2N2O4S. The molecule has 168 valence electrons. The minimum Gasteiger partial charge on any atom is -0.435 e. The molecule has 0 spiro atoms. The second kappa shape index (κ2) is 10.3. The molecule has 0 saturated heterocycles. The van der Waals surface area contributed by atoms with Gasteiger partial charge in [-0.15, -0.1) is 0 Å². The minimum absolute atomic E-state index is 0.0174. The molecule has 3 aromatic carbocycles. The number of benzene rings is 3. The molecule has 0 saturated carbocycles. The summed E-state index contributed by atoms with van der Waals surface area (Å²) in [5.74, 6) is -0.519. The van der Waals surface area contributed by atoms with E-state index in [1.165, 1.54) is 36.4 Å². The van der Waals surface area contributed by atoms with Gasteiger partial charge >= 0.3 is 6.61 Å². The summed E-state index contributed by atoms with van der Waals surface area (Å²) in [5, 5.41) is 2.73. The summed E-state index contributed by atoms with van der Waals surface area (Å²) in [6.45, 7) is -1.15. The topological polar surface area (TPSA) is 84.5 Å². The van der Waals surface area contributed by atoms with Gasteiger partial charge in [0.05, 0.1) is 10.9 Å². The van der Waals surface area contributed by atoms with E-state index in [2.05, 4.69) is 14.8 Å². The van der Waals surface area contributed by atoms with Gasteiger partial charge in [-0.25, -0.2) is 13.1 Å². The molecule has 0 aliphatic heterocycles. The van der Waals surface area contributed by atoms with Crippen LogP contribution in [0.2, 0.25) is 0 Å². The molecule has 6 nitrogen and oxygen atoms in total. The van der Waals surface area contributed by atoms with Gasteiger partial charge in [0, 0.05) is 12.1 Å². The maximum Gasteiger partial charge on any atom is 0.387 e. The molecule has 0 aromatic heterocycles. The van der Waals surface area contributed by atoms with E-state index < -0.39 is 28.6 Å². The second-order valence-corrected chi connectivity index (χ2v) is 8.75. The number of nitrogens with one attached hydrogen (secondary N) is 2. The zero-order chi connectivity index (χ0) is 23.1. The fraction of sp³-hybridized carbons (Fsp3) is 0.174. The third-order valence-electron chi connectivity index (χ3n) is 4.65. The predicted molar refractivity (Wildman–Crippen MR) is 116 cm³/mol. The standard InChI is InChI=1S/C23H22F2N2O4S/c1-16(18-9-5-11-20(13-18)31-23(24)25)27-22(28)19-10-6-12-21(14-19)32(29,30)26-15-17-7-3-2-4-8-17/h2-14,16,23,26H,15H2,1H3,(H,27,28). The summed E-state index contributed by atoms with van der Waals surface area (Å²) in [4.78, 5) is 12.6. The molecule has 0 aliphatic rings. The van der Waals surface area contributed by atoms with Crippen molar-refractivity contribution in [3.63, 3.8) is 0 Å². The van der Waals surface area contributed by atoms with Crippen LogP contribution >= 0.6 is 0 Å². The van der Waals surface area contributed by atoms with Crippen molar-refractivity contribution >= 4 is 15.9 Å². The molecule has 3 rings (SSSR count). The van der Waals surface area contributed by atoms with Crippen LogP contribution in [0.4, 0.5) is 8.78 Å². The lowest BCUT2D eigenvalue weighted by Gasteiger charge is -2.16. The first-order valence-corrected chi connectivity index (χ1v) is 11.2. The third kappa shape index (κ3) is 6.35. The van der Waals surface area contributed by atoms with E-state index in [0.29, 0.717) is 5.56 Å². The summed E-state index contributed by atoms with van der Waals surface area (Å²) in [6.07, 6.45) is 0. The highest BCUT2D eigenvalue weighted by Gasteiger charge is 2.18. The average molecular weight is 461 g/mol. The van der Waals surface area contributed by atoms with E-state index >= 15 is 0 Å². The summed E-state index contributed by atoms with van der Waals surface area (Å²) >= 11 is 0. The maximum atomic E-state index is 12.7. The van der Waals surface area contributed by atoms with Gasteiger partial charge in [0.2, 0.25) is 10.0 Å². The molecule has 9 heteroatoms. The number of hydrogen-bond donors (Lipinski definition) is 2. The lowest BCUT2D eigenvalue weighted by molar-refractivity contribution is -0.0499. The Balaban J connectivity index is 1.69. The predicted octanol–water partition coefficient (Wildman–Crippen LogP) is 4.26. The first-order chi connectivity index (χ1) is 15.2. The van der Waals surface area contributed by atoms with Crippen molar-refractivity contribution in [2.45, 2.75) is 31.0 Å². The summed E-state index contributed by atoms with van der Waals surface area (Å²) in [7, 11) is -3.83. The molecule has 3 aromatic rings. The number of sulfonamides is 1. The number of ether oxygens (including phenoxy) is 1. The fourth-order valence-electron chi connectivity index (χ4n) is 2.99. The number of amides is 1. The first kappa shape index (κ1) is 23.4. The van der Waals surface area contributed by atoms with Crippen LogP contribution in [0.15, 0.2) is 83.8 Å². The largest absolute Gasteiger partial charge is 0.435 e. The Bertz CT molecular complexity index is 1170. The Morgan fingerprint density at radius 1 is 0.969 bits per heavy atom. The molecule has 0 heterocycles. The van der Waals surface area contributed by atoms with Crippen LogP contribution in [0, 0.1) is 0 Å². The van der Waals surface area contributed by atoms with Gasteiger partial charge in [0.1, 0.15) is 5.75 Å². The Labute approximate surface area is 185 Å². The molecule has 0 aliphatic carbocycles. The molecule has 32 heavy (non-hydrogen) atoms. The number of halogens is 2. The smallest absolute Gasteiger partial charge is 0.387 e. The third-order valence-corrected chi connectivity index (χ3v) is 6.05. The Kier molecular flexibility index (Phi) is 7.55. The monoisotopic (exact) mass is 460 g/mol. The van der Waals surface area contributed by atoms with Crippen molar-refractivity contribution in [1.29, 1.82) is 0 Å². The van der Waals surface area contributed by atoms with Crippen LogP contribution in [0.5, 0.6) is 5.75 Å². The molecule has 0 bridgehead atoms. The molecule has 0 fully saturated rings. The molecule has 1 atom stereocenters. The number of hydrogen-bond acceptors (Lipinski definition) is 4. The van der Waals surface area contributed by atoms with Gasteiger partial charge in [0.15, 0.2) is 0 Å². The van der Waals surface area contributed by atoms with Crippen molar-refractivity contribution in [3.8, 4) is 5.75 Å². The quantitative estimate of drug-likeness (QED) is 0.500. The normalized spacial score (nSPS) is 12.4. The van der Waals surface area contributed by atoms with Gasteiger partial charge in [0.25, 0.3) is 5.91 Å². The van der Waals surface area contributed by atoms with E-state index in [0.717, 1.165) is 5.56 Å². The highest BCUT2D eigenvalue weighted by Crippen LogP contribution is 2.21. The molecule has 2 N–H and O–H groups in total.